The van der Waals surface area contributed by atoms with Crippen LogP contribution < -0.4 is 10.6 Å². The largest absolute Gasteiger partial charge is 0.417 e. The highest BCUT2D eigenvalue weighted by Crippen LogP contribution is 2.33. The second-order valence-corrected chi connectivity index (χ2v) is 5.47. The van der Waals surface area contributed by atoms with Crippen LogP contribution in [0.4, 0.5) is 18.9 Å². The standard InChI is InChI=1S/C15H18F3N3O/c1-22-10-14(5-2-6-21-14)9-20-12-4-3-11(8-19)13(7-12)15(16,17)18/h3-4,7,20-21H,2,5-6,9-10H2,1H3. The van der Waals surface area contributed by atoms with Crippen LogP contribution in [0.3, 0.4) is 0 Å². The smallest absolute Gasteiger partial charge is 0.383 e. The Hall–Kier alpha value is -1.78. The lowest BCUT2D eigenvalue weighted by Gasteiger charge is -2.29. The summed E-state index contributed by atoms with van der Waals surface area (Å²) in [5.41, 5.74) is -1.21. The molecule has 0 radical (unpaired) electrons. The Morgan fingerprint density at radius 2 is 2.23 bits per heavy atom. The first-order valence-electron chi connectivity index (χ1n) is 6.99. The summed E-state index contributed by atoms with van der Waals surface area (Å²) in [7, 11) is 1.60. The van der Waals surface area contributed by atoms with Gasteiger partial charge in [-0.1, -0.05) is 0 Å². The van der Waals surface area contributed by atoms with Crippen molar-refractivity contribution in [1.29, 1.82) is 5.26 Å². The van der Waals surface area contributed by atoms with Gasteiger partial charge in [-0.25, -0.2) is 0 Å². The average molecular weight is 313 g/mol. The van der Waals surface area contributed by atoms with E-state index in [0.717, 1.165) is 25.5 Å². The quantitative estimate of drug-likeness (QED) is 0.877. The molecule has 0 saturated carbocycles. The normalized spacial score (nSPS) is 21.6. The second-order valence-electron chi connectivity index (χ2n) is 5.47. The van der Waals surface area contributed by atoms with Gasteiger partial charge in [0.2, 0.25) is 0 Å². The van der Waals surface area contributed by atoms with Crippen molar-refractivity contribution in [2.75, 3.05) is 32.1 Å². The zero-order valence-electron chi connectivity index (χ0n) is 12.3. The minimum atomic E-state index is -4.54. The lowest BCUT2D eigenvalue weighted by Crippen LogP contribution is -2.49. The van der Waals surface area contributed by atoms with E-state index < -0.39 is 11.7 Å². The Bertz CT molecular complexity index is 560. The van der Waals surface area contributed by atoms with Gasteiger partial charge in [0.25, 0.3) is 0 Å². The Morgan fingerprint density at radius 3 is 2.77 bits per heavy atom. The molecule has 1 aliphatic rings. The molecule has 7 heteroatoms. The van der Waals surface area contributed by atoms with E-state index in [0.29, 0.717) is 18.8 Å². The van der Waals surface area contributed by atoms with Crippen molar-refractivity contribution in [2.45, 2.75) is 24.6 Å². The predicted molar refractivity (Wildman–Crippen MR) is 76.5 cm³/mol. The molecule has 1 atom stereocenters. The minimum Gasteiger partial charge on any atom is -0.383 e. The van der Waals surface area contributed by atoms with Gasteiger partial charge < -0.3 is 15.4 Å². The molecule has 0 bridgehead atoms. The third kappa shape index (κ3) is 3.70. The molecule has 1 saturated heterocycles. The molecule has 2 rings (SSSR count). The first kappa shape index (κ1) is 16.6. The van der Waals surface area contributed by atoms with Gasteiger partial charge in [0.15, 0.2) is 0 Å². The van der Waals surface area contributed by atoms with E-state index in [-0.39, 0.29) is 11.1 Å². The molecule has 4 nitrogen and oxygen atoms in total. The number of alkyl halides is 3. The van der Waals surface area contributed by atoms with Crippen LogP contribution in [0.1, 0.15) is 24.0 Å². The maximum atomic E-state index is 12.9. The van der Waals surface area contributed by atoms with Gasteiger partial charge in [-0.15, -0.1) is 0 Å². The van der Waals surface area contributed by atoms with E-state index in [9.17, 15) is 13.2 Å². The summed E-state index contributed by atoms with van der Waals surface area (Å²) in [5, 5.41) is 15.2. The molecular formula is C15H18F3N3O. The van der Waals surface area contributed by atoms with Gasteiger partial charge >= 0.3 is 6.18 Å². The number of hydrogen-bond acceptors (Lipinski definition) is 4. The minimum absolute atomic E-state index is 0.263. The van der Waals surface area contributed by atoms with Crippen molar-refractivity contribution in [3.63, 3.8) is 0 Å². The number of methoxy groups -OCH3 is 1. The number of rotatable bonds is 5. The molecule has 2 N–H and O–H groups in total. The number of benzene rings is 1. The van der Waals surface area contributed by atoms with Crippen molar-refractivity contribution in [1.82, 2.24) is 5.32 Å². The SMILES string of the molecule is COCC1(CNc2ccc(C#N)c(C(F)(F)F)c2)CCCN1. The zero-order chi connectivity index (χ0) is 16.2. The van der Waals surface area contributed by atoms with Gasteiger partial charge in [-0.3, -0.25) is 0 Å². The highest BCUT2D eigenvalue weighted by atomic mass is 19.4. The second kappa shape index (κ2) is 6.55. The van der Waals surface area contributed by atoms with Crippen molar-refractivity contribution in [3.8, 4) is 6.07 Å². The molecule has 1 aliphatic heterocycles. The number of nitriles is 1. The summed E-state index contributed by atoms with van der Waals surface area (Å²) >= 11 is 0. The Balaban J connectivity index is 2.15. The first-order chi connectivity index (χ1) is 10.4. The first-order valence-corrected chi connectivity index (χ1v) is 6.99. The topological polar surface area (TPSA) is 57.1 Å². The van der Waals surface area contributed by atoms with Crippen molar-refractivity contribution in [3.05, 3.63) is 29.3 Å². The molecule has 0 aliphatic carbocycles. The maximum absolute atomic E-state index is 12.9. The summed E-state index contributed by atoms with van der Waals surface area (Å²) in [4.78, 5) is 0. The van der Waals surface area contributed by atoms with E-state index in [2.05, 4.69) is 10.6 Å². The molecule has 120 valence electrons. The summed E-state index contributed by atoms with van der Waals surface area (Å²) in [5.74, 6) is 0. The van der Waals surface area contributed by atoms with Crippen molar-refractivity contribution in [2.24, 2.45) is 0 Å². The highest BCUT2D eigenvalue weighted by Gasteiger charge is 2.35. The maximum Gasteiger partial charge on any atom is 0.417 e. The van der Waals surface area contributed by atoms with E-state index in [1.165, 1.54) is 12.1 Å². The lowest BCUT2D eigenvalue weighted by molar-refractivity contribution is -0.137. The average Bonchev–Trinajstić information content (AvgIpc) is 2.93. The summed E-state index contributed by atoms with van der Waals surface area (Å²) in [6.07, 6.45) is -2.64. The van der Waals surface area contributed by atoms with Crippen LogP contribution in [0.15, 0.2) is 18.2 Å². The predicted octanol–water partition coefficient (Wildman–Crippen LogP) is 2.76. The summed E-state index contributed by atoms with van der Waals surface area (Å²) in [6.45, 7) is 1.82. The molecule has 0 spiro atoms. The number of anilines is 1. The Kier molecular flexibility index (Phi) is 4.94. The summed E-state index contributed by atoms with van der Waals surface area (Å²) < 4.78 is 44.0. The number of nitrogens with one attached hydrogen (secondary N) is 2. The van der Waals surface area contributed by atoms with Crippen LogP contribution in [-0.2, 0) is 10.9 Å². The Morgan fingerprint density at radius 1 is 1.45 bits per heavy atom. The molecule has 1 unspecified atom stereocenters. The third-order valence-corrected chi connectivity index (χ3v) is 3.83. The van der Waals surface area contributed by atoms with E-state index in [4.69, 9.17) is 10.00 Å². The molecule has 1 aromatic rings. The van der Waals surface area contributed by atoms with Crippen molar-refractivity contribution >= 4 is 5.69 Å². The van der Waals surface area contributed by atoms with E-state index in [1.54, 1.807) is 13.2 Å². The molecule has 1 fully saturated rings. The van der Waals surface area contributed by atoms with Crippen LogP contribution >= 0.6 is 0 Å². The number of halogens is 3. The van der Waals surface area contributed by atoms with Gasteiger partial charge in [0, 0.05) is 19.3 Å². The lowest BCUT2D eigenvalue weighted by atomic mass is 9.98. The molecule has 1 heterocycles. The highest BCUT2D eigenvalue weighted by molar-refractivity contribution is 5.53. The van der Waals surface area contributed by atoms with Gasteiger partial charge in [-0.2, -0.15) is 18.4 Å². The molecular weight excluding hydrogens is 295 g/mol. The van der Waals surface area contributed by atoms with Gasteiger partial charge in [0.1, 0.15) is 0 Å². The van der Waals surface area contributed by atoms with Crippen LogP contribution in [-0.4, -0.2) is 32.3 Å². The summed E-state index contributed by atoms with van der Waals surface area (Å²) in [6, 6.07) is 5.23. The van der Waals surface area contributed by atoms with Crippen LogP contribution in [0.5, 0.6) is 0 Å². The van der Waals surface area contributed by atoms with Crippen molar-refractivity contribution < 1.29 is 17.9 Å². The third-order valence-electron chi connectivity index (χ3n) is 3.83. The van der Waals surface area contributed by atoms with Gasteiger partial charge in [-0.05, 0) is 37.6 Å². The molecule has 1 aromatic carbocycles. The fourth-order valence-corrected chi connectivity index (χ4v) is 2.73. The molecule has 0 aromatic heterocycles. The van der Waals surface area contributed by atoms with Crippen LogP contribution in [0, 0.1) is 11.3 Å². The fraction of sp³-hybridized carbons (Fsp3) is 0.533. The molecule has 22 heavy (non-hydrogen) atoms. The zero-order valence-corrected chi connectivity index (χ0v) is 12.3. The fourth-order valence-electron chi connectivity index (χ4n) is 2.73. The monoisotopic (exact) mass is 313 g/mol. The van der Waals surface area contributed by atoms with E-state index >= 15 is 0 Å². The number of ether oxygens (including phenoxy) is 1. The van der Waals surface area contributed by atoms with Crippen LogP contribution in [0.2, 0.25) is 0 Å². The molecule has 0 amide bonds. The Labute approximate surface area is 127 Å². The number of hydrogen-bond donors (Lipinski definition) is 2. The van der Waals surface area contributed by atoms with Gasteiger partial charge in [0.05, 0.1) is 29.3 Å². The van der Waals surface area contributed by atoms with E-state index in [1.807, 2.05) is 0 Å². The van der Waals surface area contributed by atoms with Crippen LogP contribution in [0.25, 0.3) is 0 Å². The number of nitrogens with zero attached hydrogens (tertiary/aromatic N) is 1.